The lowest BCUT2D eigenvalue weighted by Gasteiger charge is -2.23. The van der Waals surface area contributed by atoms with Crippen LogP contribution in [0.15, 0.2) is 54.6 Å². The van der Waals surface area contributed by atoms with E-state index in [0.29, 0.717) is 18.2 Å². The number of pyridine rings is 1. The number of amides is 1. The van der Waals surface area contributed by atoms with Crippen LogP contribution in [0.1, 0.15) is 26.3 Å². The Morgan fingerprint density at radius 3 is 2.43 bits per heavy atom. The molecule has 0 bridgehead atoms. The van der Waals surface area contributed by atoms with Crippen LogP contribution in [-0.2, 0) is 11.2 Å². The van der Waals surface area contributed by atoms with Gasteiger partial charge in [0.15, 0.2) is 5.96 Å². The monoisotopic (exact) mass is 374 g/mol. The number of carbonyl (C=O) groups excluding carboxylic acids is 1. The first kappa shape index (κ1) is 19.5. The molecule has 1 aromatic heterocycles. The predicted molar refractivity (Wildman–Crippen MR) is 115 cm³/mol. The maximum absolute atomic E-state index is 10.8. The summed E-state index contributed by atoms with van der Waals surface area (Å²) in [6.45, 7) is 6.66. The summed E-state index contributed by atoms with van der Waals surface area (Å²) < 4.78 is 0. The molecular weight excluding hydrogens is 348 g/mol. The maximum Gasteiger partial charge on any atom is 0.213 e. The summed E-state index contributed by atoms with van der Waals surface area (Å²) in [5.41, 5.74) is 4.69. The van der Waals surface area contributed by atoms with Crippen LogP contribution < -0.4 is 10.6 Å². The Balaban J connectivity index is 2.27. The van der Waals surface area contributed by atoms with Crippen molar-refractivity contribution in [3.63, 3.8) is 0 Å². The van der Waals surface area contributed by atoms with Gasteiger partial charge >= 0.3 is 0 Å². The van der Waals surface area contributed by atoms with Crippen LogP contribution in [0.3, 0.4) is 0 Å². The van der Waals surface area contributed by atoms with Crippen molar-refractivity contribution in [1.29, 1.82) is 5.41 Å². The van der Waals surface area contributed by atoms with Gasteiger partial charge < -0.3 is 5.32 Å². The van der Waals surface area contributed by atoms with E-state index in [9.17, 15) is 4.79 Å². The Labute approximate surface area is 165 Å². The molecule has 0 aliphatic heterocycles. The molecule has 5 heteroatoms. The minimum Gasteiger partial charge on any atom is -0.325 e. The molecule has 1 atom stereocenters. The standard InChI is InChI=1S/C23H26N4O/c1-15(2)16(3)13-19-21(17-9-5-4-6-10-17)26-20-12-8-7-11-18(20)22(19)27-23(24)25-14-28/h4-12,14-16H,13H2,1-3H3,(H3,24,25,26,27,28). The number of benzene rings is 2. The number of nitrogens with one attached hydrogen (secondary N) is 3. The summed E-state index contributed by atoms with van der Waals surface area (Å²) in [5, 5.41) is 14.5. The van der Waals surface area contributed by atoms with E-state index in [2.05, 4.69) is 43.5 Å². The quantitative estimate of drug-likeness (QED) is 0.328. The van der Waals surface area contributed by atoms with Crippen molar-refractivity contribution in [2.75, 3.05) is 5.32 Å². The first-order chi connectivity index (χ1) is 13.5. The smallest absolute Gasteiger partial charge is 0.213 e. The number of aromatic nitrogens is 1. The van der Waals surface area contributed by atoms with Crippen molar-refractivity contribution < 1.29 is 4.79 Å². The van der Waals surface area contributed by atoms with Gasteiger partial charge in [0.1, 0.15) is 0 Å². The number of para-hydroxylation sites is 1. The lowest BCUT2D eigenvalue weighted by atomic mass is 9.87. The van der Waals surface area contributed by atoms with Crippen molar-refractivity contribution >= 4 is 29.0 Å². The fraction of sp³-hybridized carbons (Fsp3) is 0.261. The van der Waals surface area contributed by atoms with Gasteiger partial charge in [0, 0.05) is 16.5 Å². The topological polar surface area (TPSA) is 77.9 Å². The van der Waals surface area contributed by atoms with Gasteiger partial charge in [-0.1, -0.05) is 69.3 Å². The highest BCUT2D eigenvalue weighted by Gasteiger charge is 2.20. The minimum atomic E-state index is -0.0520. The molecule has 0 fully saturated rings. The Kier molecular flexibility index (Phi) is 6.04. The Morgan fingerprint density at radius 2 is 1.75 bits per heavy atom. The largest absolute Gasteiger partial charge is 0.325 e. The molecule has 5 nitrogen and oxygen atoms in total. The summed E-state index contributed by atoms with van der Waals surface area (Å²) in [5.74, 6) is 0.887. The molecule has 0 saturated carbocycles. The molecule has 3 N–H and O–H groups in total. The molecular formula is C23H26N4O. The van der Waals surface area contributed by atoms with Gasteiger partial charge in [0.2, 0.25) is 6.41 Å². The molecule has 0 radical (unpaired) electrons. The molecule has 3 rings (SSSR count). The third kappa shape index (κ3) is 4.19. The van der Waals surface area contributed by atoms with E-state index in [1.54, 1.807) is 0 Å². The third-order valence-corrected chi connectivity index (χ3v) is 5.16. The van der Waals surface area contributed by atoms with Crippen molar-refractivity contribution in [3.05, 3.63) is 60.2 Å². The predicted octanol–water partition coefficient (Wildman–Crippen LogP) is 4.83. The van der Waals surface area contributed by atoms with Crippen LogP contribution in [0.5, 0.6) is 0 Å². The van der Waals surface area contributed by atoms with E-state index in [1.807, 2.05) is 42.5 Å². The van der Waals surface area contributed by atoms with Gasteiger partial charge in [-0.05, 0) is 24.3 Å². The number of rotatable bonds is 6. The number of guanidine groups is 1. The molecule has 3 aromatic rings. The Hall–Kier alpha value is -3.21. The zero-order valence-electron chi connectivity index (χ0n) is 16.5. The summed E-state index contributed by atoms with van der Waals surface area (Å²) in [7, 11) is 0. The first-order valence-corrected chi connectivity index (χ1v) is 9.54. The van der Waals surface area contributed by atoms with E-state index >= 15 is 0 Å². The zero-order valence-corrected chi connectivity index (χ0v) is 16.5. The molecule has 1 amide bonds. The fourth-order valence-corrected chi connectivity index (χ4v) is 3.21. The van der Waals surface area contributed by atoms with E-state index in [4.69, 9.17) is 10.4 Å². The summed E-state index contributed by atoms with van der Waals surface area (Å²) in [6.07, 6.45) is 1.32. The average Bonchev–Trinajstić information content (AvgIpc) is 2.70. The van der Waals surface area contributed by atoms with Crippen molar-refractivity contribution in [2.45, 2.75) is 27.2 Å². The number of hydrogen-bond acceptors (Lipinski definition) is 3. The Morgan fingerprint density at radius 1 is 1.07 bits per heavy atom. The number of carbonyl (C=O) groups is 1. The third-order valence-electron chi connectivity index (χ3n) is 5.16. The molecule has 1 heterocycles. The number of hydrogen-bond donors (Lipinski definition) is 3. The lowest BCUT2D eigenvalue weighted by molar-refractivity contribution is -0.108. The van der Waals surface area contributed by atoms with Crippen LogP contribution in [0.25, 0.3) is 22.2 Å². The van der Waals surface area contributed by atoms with Gasteiger partial charge in [-0.2, -0.15) is 0 Å². The van der Waals surface area contributed by atoms with Crippen LogP contribution in [0.2, 0.25) is 0 Å². The normalized spacial score (nSPS) is 12.0. The van der Waals surface area contributed by atoms with E-state index in [-0.39, 0.29) is 5.96 Å². The summed E-state index contributed by atoms with van der Waals surface area (Å²) >= 11 is 0. The van der Waals surface area contributed by atoms with Crippen LogP contribution in [0.4, 0.5) is 5.69 Å². The van der Waals surface area contributed by atoms with E-state index in [1.165, 1.54) is 0 Å². The molecule has 2 aromatic carbocycles. The minimum absolute atomic E-state index is 0.0520. The second-order valence-corrected chi connectivity index (χ2v) is 7.38. The second-order valence-electron chi connectivity index (χ2n) is 7.38. The number of anilines is 1. The average molecular weight is 374 g/mol. The summed E-state index contributed by atoms with van der Waals surface area (Å²) in [4.78, 5) is 15.8. The molecule has 0 spiro atoms. The highest BCUT2D eigenvalue weighted by molar-refractivity contribution is 6.06. The van der Waals surface area contributed by atoms with Gasteiger partial charge in [-0.25, -0.2) is 4.98 Å². The Bertz CT molecular complexity index is 983. The van der Waals surface area contributed by atoms with Crippen molar-refractivity contribution in [1.82, 2.24) is 10.3 Å². The fourth-order valence-electron chi connectivity index (χ4n) is 3.21. The van der Waals surface area contributed by atoms with Gasteiger partial charge in [-0.15, -0.1) is 0 Å². The molecule has 144 valence electrons. The molecule has 0 saturated heterocycles. The highest BCUT2D eigenvalue weighted by Crippen LogP contribution is 2.36. The first-order valence-electron chi connectivity index (χ1n) is 9.54. The van der Waals surface area contributed by atoms with E-state index in [0.717, 1.165) is 39.8 Å². The van der Waals surface area contributed by atoms with Crippen molar-refractivity contribution in [2.24, 2.45) is 11.8 Å². The van der Waals surface area contributed by atoms with Crippen LogP contribution >= 0.6 is 0 Å². The van der Waals surface area contributed by atoms with Crippen LogP contribution in [-0.4, -0.2) is 17.4 Å². The van der Waals surface area contributed by atoms with E-state index < -0.39 is 0 Å². The van der Waals surface area contributed by atoms with Crippen LogP contribution in [0, 0.1) is 17.2 Å². The van der Waals surface area contributed by atoms with Crippen molar-refractivity contribution in [3.8, 4) is 11.3 Å². The van der Waals surface area contributed by atoms with Gasteiger partial charge in [0.25, 0.3) is 0 Å². The molecule has 1 unspecified atom stereocenters. The molecule has 28 heavy (non-hydrogen) atoms. The second kappa shape index (κ2) is 8.65. The highest BCUT2D eigenvalue weighted by atomic mass is 16.1. The molecule has 0 aliphatic rings. The SMILES string of the molecule is CC(C)C(C)Cc1c(-c2ccccc2)nc2ccccc2c1NC(=N)NC=O. The van der Waals surface area contributed by atoms with Gasteiger partial charge in [0.05, 0.1) is 16.9 Å². The maximum atomic E-state index is 10.8. The number of fused-ring (bicyclic) bond motifs is 1. The lowest BCUT2D eigenvalue weighted by Crippen LogP contribution is -2.29. The number of nitrogens with zero attached hydrogens (tertiary/aromatic N) is 1. The summed E-state index contributed by atoms with van der Waals surface area (Å²) in [6, 6.07) is 18.0. The van der Waals surface area contributed by atoms with Gasteiger partial charge in [-0.3, -0.25) is 15.5 Å². The zero-order chi connectivity index (χ0) is 20.1. The molecule has 0 aliphatic carbocycles.